The highest BCUT2D eigenvalue weighted by molar-refractivity contribution is 6.11. The van der Waals surface area contributed by atoms with Crippen LogP contribution in [0.4, 0.5) is 5.82 Å². The fourth-order valence-electron chi connectivity index (χ4n) is 2.56. The van der Waals surface area contributed by atoms with Gasteiger partial charge >= 0.3 is 0 Å². The van der Waals surface area contributed by atoms with Gasteiger partial charge in [0.15, 0.2) is 0 Å². The number of nitrogens with one attached hydrogen (secondary N) is 1. The molecule has 1 aromatic carbocycles. The van der Waals surface area contributed by atoms with E-state index in [-0.39, 0.29) is 18.1 Å². The van der Waals surface area contributed by atoms with Crippen molar-refractivity contribution in [3.05, 3.63) is 41.1 Å². The first kappa shape index (κ1) is 13.4. The molecule has 2 aromatic rings. The zero-order valence-electron chi connectivity index (χ0n) is 11.7. The number of amides is 2. The van der Waals surface area contributed by atoms with Gasteiger partial charge < -0.3 is 5.73 Å². The third-order valence-corrected chi connectivity index (χ3v) is 3.50. The van der Waals surface area contributed by atoms with Gasteiger partial charge in [-0.3, -0.25) is 14.9 Å². The van der Waals surface area contributed by atoms with Crippen LogP contribution in [0.2, 0.25) is 0 Å². The van der Waals surface area contributed by atoms with Crippen molar-refractivity contribution in [1.82, 2.24) is 15.1 Å². The van der Waals surface area contributed by atoms with Crippen LogP contribution < -0.4 is 11.1 Å². The van der Waals surface area contributed by atoms with Crippen molar-refractivity contribution < 1.29 is 9.59 Å². The molecular formula is C15H16N4O2. The summed E-state index contributed by atoms with van der Waals surface area (Å²) in [5.41, 5.74) is 8.76. The van der Waals surface area contributed by atoms with Crippen LogP contribution in [0.3, 0.4) is 0 Å². The van der Waals surface area contributed by atoms with Gasteiger partial charge in [-0.25, -0.2) is 4.68 Å². The number of rotatable bonds is 3. The smallest absolute Gasteiger partial charge is 0.263 e. The van der Waals surface area contributed by atoms with Crippen molar-refractivity contribution in [1.29, 1.82) is 0 Å². The highest BCUT2D eigenvalue weighted by Crippen LogP contribution is 2.24. The van der Waals surface area contributed by atoms with Gasteiger partial charge in [-0.05, 0) is 24.1 Å². The predicted octanol–water partition coefficient (Wildman–Crippen LogP) is 1.22. The Bertz CT molecular complexity index is 733. The monoisotopic (exact) mass is 284 g/mol. The van der Waals surface area contributed by atoms with Crippen molar-refractivity contribution >= 4 is 17.6 Å². The maximum absolute atomic E-state index is 11.9. The molecule has 0 atom stereocenters. The first-order valence-corrected chi connectivity index (χ1v) is 6.91. The largest absolute Gasteiger partial charge is 0.383 e. The van der Waals surface area contributed by atoms with Gasteiger partial charge in [-0.15, -0.1) is 0 Å². The Kier molecular flexibility index (Phi) is 3.21. The Hall–Kier alpha value is -2.63. The van der Waals surface area contributed by atoms with Gasteiger partial charge in [0.05, 0.1) is 17.8 Å². The zero-order valence-corrected chi connectivity index (χ0v) is 11.7. The second-order valence-electron chi connectivity index (χ2n) is 5.09. The van der Waals surface area contributed by atoms with Gasteiger partial charge in [-0.2, -0.15) is 5.10 Å². The lowest BCUT2D eigenvalue weighted by Crippen LogP contribution is -2.37. The van der Waals surface area contributed by atoms with Crippen molar-refractivity contribution in [2.75, 3.05) is 5.73 Å². The lowest BCUT2D eigenvalue weighted by atomic mass is 10.1. The fourth-order valence-corrected chi connectivity index (χ4v) is 2.56. The summed E-state index contributed by atoms with van der Waals surface area (Å²) in [6, 6.07) is 7.86. The molecule has 0 fully saturated rings. The van der Waals surface area contributed by atoms with Crippen molar-refractivity contribution in [3.8, 4) is 5.69 Å². The summed E-state index contributed by atoms with van der Waals surface area (Å²) >= 11 is 0. The Balaban J connectivity index is 2.08. The summed E-state index contributed by atoms with van der Waals surface area (Å²) in [6.45, 7) is 2.11. The minimum Gasteiger partial charge on any atom is -0.383 e. The number of hydrogen-bond acceptors (Lipinski definition) is 4. The highest BCUT2D eigenvalue weighted by Gasteiger charge is 2.29. The second kappa shape index (κ2) is 5.05. The summed E-state index contributed by atoms with van der Waals surface area (Å²) in [6.07, 6.45) is 2.09. The van der Waals surface area contributed by atoms with E-state index in [1.165, 1.54) is 10.2 Å². The fraction of sp³-hybridized carbons (Fsp3) is 0.267. The molecule has 1 aliphatic heterocycles. The van der Waals surface area contributed by atoms with Crippen LogP contribution in [-0.2, 0) is 17.6 Å². The lowest BCUT2D eigenvalue weighted by Gasteiger charge is -2.09. The van der Waals surface area contributed by atoms with Gasteiger partial charge in [0.2, 0.25) is 5.91 Å². The average Bonchev–Trinajstić information content (AvgIpc) is 2.76. The molecule has 0 radical (unpaired) electrons. The molecule has 6 heteroatoms. The van der Waals surface area contributed by atoms with E-state index in [1.807, 2.05) is 24.3 Å². The van der Waals surface area contributed by atoms with E-state index in [9.17, 15) is 9.59 Å². The summed E-state index contributed by atoms with van der Waals surface area (Å²) in [5, 5.41) is 6.59. The minimum absolute atomic E-state index is 0.0763. The number of benzene rings is 1. The molecule has 0 saturated heterocycles. The molecule has 0 saturated carbocycles. The Labute approximate surface area is 121 Å². The first-order valence-electron chi connectivity index (χ1n) is 6.91. The Morgan fingerprint density at radius 1 is 1.38 bits per heavy atom. The van der Waals surface area contributed by atoms with Crippen LogP contribution in [0.5, 0.6) is 0 Å². The Morgan fingerprint density at radius 3 is 2.95 bits per heavy atom. The molecule has 0 bridgehead atoms. The second-order valence-corrected chi connectivity index (χ2v) is 5.09. The van der Waals surface area contributed by atoms with Crippen LogP contribution >= 0.6 is 0 Å². The minimum atomic E-state index is -0.477. The molecule has 1 aliphatic rings. The van der Waals surface area contributed by atoms with Crippen molar-refractivity contribution in [2.24, 2.45) is 0 Å². The number of nitrogens with zero attached hydrogens (tertiary/aromatic N) is 2. The van der Waals surface area contributed by atoms with E-state index < -0.39 is 5.91 Å². The summed E-state index contributed by atoms with van der Waals surface area (Å²) in [7, 11) is 0. The van der Waals surface area contributed by atoms with E-state index >= 15 is 0 Å². The SMILES string of the molecule is CCCc1cccc(-n2nc3c(c2N)C(=O)NC(=O)C3)c1. The van der Waals surface area contributed by atoms with E-state index in [1.54, 1.807) is 0 Å². The topological polar surface area (TPSA) is 90.0 Å². The zero-order chi connectivity index (χ0) is 15.0. The van der Waals surface area contributed by atoms with Crippen LogP contribution in [0.15, 0.2) is 24.3 Å². The maximum atomic E-state index is 11.9. The molecule has 0 spiro atoms. The number of hydrogen-bond donors (Lipinski definition) is 2. The number of carbonyl (C=O) groups excluding carboxylic acids is 2. The number of aryl methyl sites for hydroxylation is 1. The molecule has 1 aromatic heterocycles. The number of fused-ring (bicyclic) bond motifs is 1. The lowest BCUT2D eigenvalue weighted by molar-refractivity contribution is -0.119. The van der Waals surface area contributed by atoms with Crippen LogP contribution in [0.25, 0.3) is 5.69 Å². The van der Waals surface area contributed by atoms with Gasteiger partial charge in [0.25, 0.3) is 5.91 Å². The molecule has 6 nitrogen and oxygen atoms in total. The molecule has 3 N–H and O–H groups in total. The van der Waals surface area contributed by atoms with Crippen LogP contribution in [-0.4, -0.2) is 21.6 Å². The summed E-state index contributed by atoms with van der Waals surface area (Å²) in [5.74, 6) is -0.560. The normalized spacial score (nSPS) is 14.0. The molecule has 0 unspecified atom stereocenters. The number of aromatic nitrogens is 2. The van der Waals surface area contributed by atoms with E-state index in [0.717, 1.165) is 18.5 Å². The first-order chi connectivity index (χ1) is 10.1. The highest BCUT2D eigenvalue weighted by atomic mass is 16.2. The van der Waals surface area contributed by atoms with E-state index in [0.29, 0.717) is 11.3 Å². The quantitative estimate of drug-likeness (QED) is 0.829. The summed E-state index contributed by atoms with van der Waals surface area (Å²) in [4.78, 5) is 23.3. The third kappa shape index (κ3) is 2.29. The van der Waals surface area contributed by atoms with E-state index in [4.69, 9.17) is 5.73 Å². The molecular weight excluding hydrogens is 268 g/mol. The molecule has 3 rings (SSSR count). The van der Waals surface area contributed by atoms with Crippen molar-refractivity contribution in [2.45, 2.75) is 26.2 Å². The number of nitrogens with two attached hydrogens (primary N) is 1. The number of imide groups is 1. The number of anilines is 1. The van der Waals surface area contributed by atoms with Crippen LogP contribution in [0.1, 0.15) is 35.0 Å². The molecule has 0 aliphatic carbocycles. The van der Waals surface area contributed by atoms with Gasteiger partial charge in [-0.1, -0.05) is 25.5 Å². The molecule has 108 valence electrons. The molecule has 2 amide bonds. The standard InChI is InChI=1S/C15H16N4O2/c1-2-4-9-5-3-6-10(7-9)19-14(16)13-11(18-19)8-12(20)17-15(13)21/h3,5-7H,2,4,8,16H2,1H3,(H,17,20,21). The maximum Gasteiger partial charge on any atom is 0.263 e. The average molecular weight is 284 g/mol. The molecule has 21 heavy (non-hydrogen) atoms. The number of nitrogen functional groups attached to an aromatic ring is 1. The van der Waals surface area contributed by atoms with Crippen LogP contribution in [0, 0.1) is 0 Å². The van der Waals surface area contributed by atoms with Crippen molar-refractivity contribution in [3.63, 3.8) is 0 Å². The third-order valence-electron chi connectivity index (χ3n) is 3.50. The predicted molar refractivity (Wildman–Crippen MR) is 78.1 cm³/mol. The van der Waals surface area contributed by atoms with Gasteiger partial charge in [0.1, 0.15) is 11.4 Å². The van der Waals surface area contributed by atoms with Gasteiger partial charge in [0, 0.05) is 0 Å². The number of carbonyl (C=O) groups is 2. The van der Waals surface area contributed by atoms with E-state index in [2.05, 4.69) is 17.3 Å². The summed E-state index contributed by atoms with van der Waals surface area (Å²) < 4.78 is 1.53. The Morgan fingerprint density at radius 2 is 2.19 bits per heavy atom. The molecule has 2 heterocycles.